The van der Waals surface area contributed by atoms with Gasteiger partial charge in [-0.05, 0) is 49.7 Å². The Hall–Kier alpha value is -3.12. The standard InChI is InChI=1S/C21H26F2N2O5.C2H6O2S/c1-4-29-19-10-14(6-9-18(19)28-3)13-25(27)17-8-7-15(21(26)30-5-2)11-16(17)24-12-20(22)23;1-5(2,3)4/h6-11,20,24,27H,4-5,12-13H2,1-3H3;1-2H3. The number of benzene rings is 2. The zero-order valence-electron chi connectivity index (χ0n) is 20.4. The van der Waals surface area contributed by atoms with Crippen molar-refractivity contribution in [1.82, 2.24) is 0 Å². The first-order chi connectivity index (χ1) is 16.4. The van der Waals surface area contributed by atoms with E-state index in [0.717, 1.165) is 17.6 Å². The predicted molar refractivity (Wildman–Crippen MR) is 130 cm³/mol. The number of carbonyl (C=O) groups is 1. The van der Waals surface area contributed by atoms with Gasteiger partial charge < -0.3 is 19.5 Å². The molecule has 2 N–H and O–H groups in total. The molecule has 2 aromatic rings. The summed E-state index contributed by atoms with van der Waals surface area (Å²) in [4.78, 5) is 12.0. The fraction of sp³-hybridized carbons (Fsp3) is 0.435. The van der Waals surface area contributed by atoms with Crippen molar-refractivity contribution in [1.29, 1.82) is 0 Å². The van der Waals surface area contributed by atoms with Crippen LogP contribution in [0.25, 0.3) is 0 Å². The number of hydroxylamine groups is 1. The number of anilines is 2. The molecule has 9 nitrogen and oxygen atoms in total. The van der Waals surface area contributed by atoms with E-state index in [-0.39, 0.29) is 30.1 Å². The molecule has 0 spiro atoms. The summed E-state index contributed by atoms with van der Waals surface area (Å²) in [6, 6.07) is 9.50. The van der Waals surface area contributed by atoms with Gasteiger partial charge in [-0.2, -0.15) is 0 Å². The maximum Gasteiger partial charge on any atom is 0.338 e. The Morgan fingerprint density at radius 3 is 2.29 bits per heavy atom. The number of esters is 1. The third-order valence-electron chi connectivity index (χ3n) is 4.09. The summed E-state index contributed by atoms with van der Waals surface area (Å²) < 4.78 is 60.4. The van der Waals surface area contributed by atoms with E-state index >= 15 is 0 Å². The van der Waals surface area contributed by atoms with Crippen LogP contribution < -0.4 is 19.9 Å². The van der Waals surface area contributed by atoms with Gasteiger partial charge >= 0.3 is 5.97 Å². The first-order valence-corrected chi connectivity index (χ1v) is 12.9. The molecular formula is C23H32F2N2O7S. The van der Waals surface area contributed by atoms with Crippen LogP contribution in [-0.2, 0) is 21.1 Å². The SMILES string of the molecule is CCOC(=O)c1ccc(N(O)Cc2ccc(OC)c(OCC)c2)c(NCC(F)F)c1.CS(C)(=O)=O. The molecule has 196 valence electrons. The van der Waals surface area contributed by atoms with E-state index in [9.17, 15) is 27.2 Å². The third-order valence-corrected chi connectivity index (χ3v) is 4.09. The minimum Gasteiger partial charge on any atom is -0.493 e. The molecule has 0 aliphatic rings. The molecule has 0 saturated heterocycles. The van der Waals surface area contributed by atoms with Crippen molar-refractivity contribution in [3.63, 3.8) is 0 Å². The van der Waals surface area contributed by atoms with Crippen LogP contribution >= 0.6 is 0 Å². The number of carbonyl (C=O) groups excluding carboxylic acids is 1. The molecule has 0 amide bonds. The monoisotopic (exact) mass is 518 g/mol. The number of methoxy groups -OCH3 is 1. The van der Waals surface area contributed by atoms with Crippen LogP contribution in [0.1, 0.15) is 29.8 Å². The normalized spacial score (nSPS) is 10.8. The number of nitrogens with zero attached hydrogens (tertiary/aromatic N) is 1. The number of hydrogen-bond donors (Lipinski definition) is 2. The molecule has 35 heavy (non-hydrogen) atoms. The van der Waals surface area contributed by atoms with Crippen LogP contribution in [0.15, 0.2) is 36.4 Å². The maximum absolute atomic E-state index is 12.7. The molecule has 0 radical (unpaired) electrons. The van der Waals surface area contributed by atoms with Gasteiger partial charge in [0.1, 0.15) is 9.84 Å². The highest BCUT2D eigenvalue weighted by Gasteiger charge is 2.16. The van der Waals surface area contributed by atoms with Gasteiger partial charge in [0.25, 0.3) is 6.43 Å². The zero-order chi connectivity index (χ0) is 26.6. The fourth-order valence-corrected chi connectivity index (χ4v) is 2.78. The third kappa shape index (κ3) is 11.2. The van der Waals surface area contributed by atoms with Crippen LogP contribution in [-0.4, -0.2) is 65.4 Å². The molecule has 0 aliphatic heterocycles. The molecule has 0 saturated carbocycles. The van der Waals surface area contributed by atoms with Crippen LogP contribution in [0.3, 0.4) is 0 Å². The topological polar surface area (TPSA) is 114 Å². The Balaban J connectivity index is 0.00000111. The molecule has 12 heteroatoms. The summed E-state index contributed by atoms with van der Waals surface area (Å²) in [5.74, 6) is 0.507. The van der Waals surface area contributed by atoms with Crippen molar-refractivity contribution < 1.29 is 41.4 Å². The van der Waals surface area contributed by atoms with Crippen molar-refractivity contribution in [2.45, 2.75) is 26.8 Å². The fourth-order valence-electron chi connectivity index (χ4n) is 2.78. The summed E-state index contributed by atoms with van der Waals surface area (Å²) in [5, 5.41) is 14.1. The molecule has 0 aromatic heterocycles. The predicted octanol–water partition coefficient (Wildman–Crippen LogP) is 4.00. The number of alkyl halides is 2. The highest BCUT2D eigenvalue weighted by Crippen LogP contribution is 2.31. The quantitative estimate of drug-likeness (QED) is 0.336. The lowest BCUT2D eigenvalue weighted by Gasteiger charge is -2.22. The lowest BCUT2D eigenvalue weighted by molar-refractivity contribution is 0.0526. The number of ether oxygens (including phenoxy) is 3. The molecule has 0 aliphatic carbocycles. The first kappa shape index (κ1) is 29.9. The second kappa shape index (κ2) is 14.3. The minimum atomic E-state index is -2.67. The molecule has 0 unspecified atom stereocenters. The Morgan fingerprint density at radius 1 is 1.09 bits per heavy atom. The van der Waals surface area contributed by atoms with Crippen LogP contribution in [0, 0.1) is 0 Å². The van der Waals surface area contributed by atoms with Gasteiger partial charge in [-0.1, -0.05) is 6.07 Å². The average molecular weight is 519 g/mol. The molecule has 0 atom stereocenters. The van der Waals surface area contributed by atoms with Crippen molar-refractivity contribution in [3.8, 4) is 11.5 Å². The van der Waals surface area contributed by atoms with Crippen molar-refractivity contribution in [2.75, 3.05) is 49.8 Å². The lowest BCUT2D eigenvalue weighted by Crippen LogP contribution is -2.21. The summed E-state index contributed by atoms with van der Waals surface area (Å²) in [6.45, 7) is 3.56. The lowest BCUT2D eigenvalue weighted by atomic mass is 10.1. The highest BCUT2D eigenvalue weighted by molar-refractivity contribution is 7.89. The number of hydrogen-bond acceptors (Lipinski definition) is 9. The van der Waals surface area contributed by atoms with Crippen LogP contribution in [0.2, 0.25) is 0 Å². The molecule has 0 bridgehead atoms. The molecule has 0 heterocycles. The molecular weight excluding hydrogens is 486 g/mol. The number of nitrogens with one attached hydrogen (secondary N) is 1. The van der Waals surface area contributed by atoms with Gasteiger partial charge in [-0.15, -0.1) is 0 Å². The Bertz CT molecular complexity index is 1060. The van der Waals surface area contributed by atoms with Gasteiger partial charge in [-0.3, -0.25) is 10.3 Å². The first-order valence-electron chi connectivity index (χ1n) is 10.6. The summed E-state index contributed by atoms with van der Waals surface area (Å²) >= 11 is 0. The molecule has 2 rings (SSSR count). The number of rotatable bonds is 11. The van der Waals surface area contributed by atoms with E-state index in [2.05, 4.69) is 5.32 Å². The van der Waals surface area contributed by atoms with E-state index in [4.69, 9.17) is 14.2 Å². The zero-order valence-corrected chi connectivity index (χ0v) is 21.2. The van der Waals surface area contributed by atoms with E-state index < -0.39 is 28.8 Å². The van der Waals surface area contributed by atoms with E-state index in [1.165, 1.54) is 25.3 Å². The number of sulfone groups is 1. The van der Waals surface area contributed by atoms with E-state index in [1.807, 2.05) is 6.92 Å². The van der Waals surface area contributed by atoms with E-state index in [0.29, 0.717) is 23.7 Å². The molecule has 0 fully saturated rings. The summed E-state index contributed by atoms with van der Waals surface area (Å²) in [6.07, 6.45) is -0.286. The Labute approximate surface area is 204 Å². The van der Waals surface area contributed by atoms with Gasteiger partial charge in [-0.25, -0.2) is 22.0 Å². The molecule has 2 aromatic carbocycles. The second-order valence-electron chi connectivity index (χ2n) is 7.34. The largest absolute Gasteiger partial charge is 0.493 e. The smallest absolute Gasteiger partial charge is 0.338 e. The average Bonchev–Trinajstić information content (AvgIpc) is 2.77. The minimum absolute atomic E-state index is 0.0478. The van der Waals surface area contributed by atoms with Crippen LogP contribution in [0.4, 0.5) is 20.2 Å². The summed E-state index contributed by atoms with van der Waals surface area (Å²) in [5.41, 5.74) is 1.31. The highest BCUT2D eigenvalue weighted by atomic mass is 32.2. The van der Waals surface area contributed by atoms with Crippen molar-refractivity contribution >= 4 is 27.2 Å². The van der Waals surface area contributed by atoms with E-state index in [1.54, 1.807) is 25.1 Å². The van der Waals surface area contributed by atoms with Crippen LogP contribution in [0.5, 0.6) is 11.5 Å². The summed E-state index contributed by atoms with van der Waals surface area (Å²) in [7, 11) is -1.14. The number of halogens is 2. The van der Waals surface area contributed by atoms with Crippen molar-refractivity contribution in [2.24, 2.45) is 0 Å². The Morgan fingerprint density at radius 2 is 1.74 bits per heavy atom. The van der Waals surface area contributed by atoms with Gasteiger partial charge in [0.15, 0.2) is 11.5 Å². The maximum atomic E-state index is 12.7. The Kier molecular flexibility index (Phi) is 12.2. The second-order valence-corrected chi connectivity index (χ2v) is 9.63. The van der Waals surface area contributed by atoms with Gasteiger partial charge in [0.05, 0.1) is 50.4 Å². The van der Waals surface area contributed by atoms with Crippen molar-refractivity contribution in [3.05, 3.63) is 47.5 Å². The van der Waals surface area contributed by atoms with Gasteiger partial charge in [0.2, 0.25) is 0 Å². The van der Waals surface area contributed by atoms with Gasteiger partial charge in [0, 0.05) is 12.5 Å².